The van der Waals surface area contributed by atoms with Crippen LogP contribution in [-0.2, 0) is 0 Å². The van der Waals surface area contributed by atoms with E-state index in [0.29, 0.717) is 28.8 Å². The second kappa shape index (κ2) is 7.05. The van der Waals surface area contributed by atoms with Crippen LogP contribution in [0.5, 0.6) is 23.1 Å². The van der Waals surface area contributed by atoms with Crippen molar-refractivity contribution in [2.24, 2.45) is 0 Å². The summed E-state index contributed by atoms with van der Waals surface area (Å²) in [5.74, 6) is 2.00. The molecule has 3 aromatic heterocycles. The second-order valence-electron chi connectivity index (χ2n) is 7.38. The van der Waals surface area contributed by atoms with E-state index in [1.54, 1.807) is 36.3 Å². The number of pyridine rings is 1. The molecule has 5 aromatic rings. The SMILES string of the molecule is COc1ccccc1[C@@H]1c2ccc(O)cc2Oc2ncn3nc(-c4ccccn4)nc3c21. The molecule has 0 saturated carbocycles. The fourth-order valence-corrected chi connectivity index (χ4v) is 4.13. The highest BCUT2D eigenvalue weighted by Crippen LogP contribution is 2.50. The fraction of sp³-hybridized carbons (Fsp3) is 0.0833. The Kier molecular flexibility index (Phi) is 4.04. The number of benzene rings is 2. The van der Waals surface area contributed by atoms with Crippen LogP contribution >= 0.6 is 0 Å². The van der Waals surface area contributed by atoms with E-state index in [4.69, 9.17) is 14.5 Å². The molecule has 8 nitrogen and oxygen atoms in total. The van der Waals surface area contributed by atoms with Gasteiger partial charge >= 0.3 is 0 Å². The summed E-state index contributed by atoms with van der Waals surface area (Å²) in [6, 6.07) is 18.5. The van der Waals surface area contributed by atoms with Crippen molar-refractivity contribution < 1.29 is 14.6 Å². The van der Waals surface area contributed by atoms with Crippen molar-refractivity contribution in [3.05, 3.63) is 89.9 Å². The summed E-state index contributed by atoms with van der Waals surface area (Å²) < 4.78 is 13.4. The normalized spacial score (nSPS) is 14.5. The number of para-hydroxylation sites is 1. The largest absolute Gasteiger partial charge is 0.508 e. The maximum atomic E-state index is 10.0. The summed E-state index contributed by atoms with van der Waals surface area (Å²) in [7, 11) is 1.64. The molecule has 1 aliphatic rings. The summed E-state index contributed by atoms with van der Waals surface area (Å²) in [5.41, 5.74) is 3.86. The molecule has 0 amide bonds. The number of aromatic nitrogens is 5. The lowest BCUT2D eigenvalue weighted by Crippen LogP contribution is -2.15. The Bertz CT molecular complexity index is 1470. The zero-order valence-corrected chi connectivity index (χ0v) is 17.0. The molecule has 32 heavy (non-hydrogen) atoms. The van der Waals surface area contributed by atoms with Crippen LogP contribution in [0.4, 0.5) is 0 Å². The predicted molar refractivity (Wildman–Crippen MR) is 116 cm³/mol. The number of ether oxygens (including phenoxy) is 2. The lowest BCUT2D eigenvalue weighted by Gasteiger charge is -2.28. The molecule has 0 saturated heterocycles. The van der Waals surface area contributed by atoms with E-state index in [1.807, 2.05) is 48.5 Å². The molecule has 0 bridgehead atoms. The Hall–Kier alpha value is -4.46. The third kappa shape index (κ3) is 2.77. The number of fused-ring (bicyclic) bond motifs is 4. The fourth-order valence-electron chi connectivity index (χ4n) is 4.13. The van der Waals surface area contributed by atoms with Crippen LogP contribution in [0.2, 0.25) is 0 Å². The van der Waals surface area contributed by atoms with Crippen LogP contribution < -0.4 is 9.47 Å². The van der Waals surface area contributed by atoms with E-state index in [-0.39, 0.29) is 11.7 Å². The summed E-state index contributed by atoms with van der Waals surface area (Å²) in [4.78, 5) is 13.7. The highest BCUT2D eigenvalue weighted by molar-refractivity contribution is 5.69. The average Bonchev–Trinajstić information content (AvgIpc) is 3.28. The van der Waals surface area contributed by atoms with Gasteiger partial charge in [-0.25, -0.2) is 14.5 Å². The van der Waals surface area contributed by atoms with E-state index in [9.17, 15) is 5.11 Å². The van der Waals surface area contributed by atoms with Crippen LogP contribution in [0, 0.1) is 0 Å². The molecule has 4 heterocycles. The maximum Gasteiger partial charge on any atom is 0.228 e. The Morgan fingerprint density at radius 3 is 2.72 bits per heavy atom. The van der Waals surface area contributed by atoms with E-state index in [2.05, 4.69) is 15.1 Å². The average molecular weight is 423 g/mol. The van der Waals surface area contributed by atoms with Gasteiger partial charge in [0.05, 0.1) is 18.6 Å². The van der Waals surface area contributed by atoms with Crippen molar-refractivity contribution >= 4 is 5.65 Å². The molecule has 0 radical (unpaired) electrons. The Morgan fingerprint density at radius 1 is 1.00 bits per heavy atom. The highest BCUT2D eigenvalue weighted by atomic mass is 16.5. The summed E-state index contributed by atoms with van der Waals surface area (Å²) in [6.45, 7) is 0. The van der Waals surface area contributed by atoms with Crippen molar-refractivity contribution in [3.8, 4) is 34.6 Å². The van der Waals surface area contributed by atoms with Crippen LogP contribution in [0.25, 0.3) is 17.2 Å². The minimum absolute atomic E-state index is 0.118. The zero-order chi connectivity index (χ0) is 21.7. The lowest BCUT2D eigenvalue weighted by atomic mass is 9.83. The summed E-state index contributed by atoms with van der Waals surface area (Å²) in [6.07, 6.45) is 3.28. The highest BCUT2D eigenvalue weighted by Gasteiger charge is 2.35. The first-order chi connectivity index (χ1) is 15.7. The van der Waals surface area contributed by atoms with Gasteiger partial charge in [0.25, 0.3) is 0 Å². The van der Waals surface area contributed by atoms with Crippen LogP contribution in [0.3, 0.4) is 0 Å². The van der Waals surface area contributed by atoms with Crippen molar-refractivity contribution in [2.75, 3.05) is 7.11 Å². The Labute approximate surface area is 182 Å². The first-order valence-corrected chi connectivity index (χ1v) is 10.0. The molecule has 1 aliphatic heterocycles. The van der Waals surface area contributed by atoms with Gasteiger partial charge in [-0.05, 0) is 24.3 Å². The standard InChI is InChI=1S/C24H17N5O3/c1-31-18-8-3-2-6-15(18)20-16-10-9-14(30)12-19(16)32-24-21(20)23-27-22(28-29(23)13-26-24)17-7-4-5-11-25-17/h2-13,20,30H,1H3/t20-/m1/s1. The van der Waals surface area contributed by atoms with E-state index in [1.165, 1.54) is 0 Å². The van der Waals surface area contributed by atoms with Crippen molar-refractivity contribution in [2.45, 2.75) is 5.92 Å². The molecule has 0 spiro atoms. The smallest absolute Gasteiger partial charge is 0.228 e. The van der Waals surface area contributed by atoms with Crippen molar-refractivity contribution in [1.82, 2.24) is 24.6 Å². The van der Waals surface area contributed by atoms with Gasteiger partial charge in [0.2, 0.25) is 11.7 Å². The van der Waals surface area contributed by atoms with Crippen LogP contribution in [0.15, 0.2) is 73.2 Å². The monoisotopic (exact) mass is 423 g/mol. The molecule has 0 fully saturated rings. The Morgan fingerprint density at radius 2 is 1.88 bits per heavy atom. The minimum atomic E-state index is -0.289. The quantitative estimate of drug-likeness (QED) is 0.456. The molecular weight excluding hydrogens is 406 g/mol. The topological polar surface area (TPSA) is 94.7 Å². The van der Waals surface area contributed by atoms with Gasteiger partial charge < -0.3 is 14.6 Å². The van der Waals surface area contributed by atoms with Gasteiger partial charge in [0.15, 0.2) is 5.65 Å². The lowest BCUT2D eigenvalue weighted by molar-refractivity contribution is 0.401. The van der Waals surface area contributed by atoms with E-state index < -0.39 is 0 Å². The molecule has 2 aromatic carbocycles. The zero-order valence-electron chi connectivity index (χ0n) is 17.0. The Balaban J connectivity index is 1.65. The third-order valence-electron chi connectivity index (χ3n) is 5.53. The van der Waals surface area contributed by atoms with Gasteiger partial charge in [-0.2, -0.15) is 0 Å². The first-order valence-electron chi connectivity index (χ1n) is 10.0. The van der Waals surface area contributed by atoms with Crippen LogP contribution in [0.1, 0.15) is 22.6 Å². The summed E-state index contributed by atoms with van der Waals surface area (Å²) >= 11 is 0. The number of phenolic OH excluding ortho intramolecular Hbond substituents is 1. The molecule has 0 aliphatic carbocycles. The van der Waals surface area contributed by atoms with Gasteiger partial charge in [-0.15, -0.1) is 5.10 Å². The minimum Gasteiger partial charge on any atom is -0.508 e. The number of rotatable bonds is 3. The van der Waals surface area contributed by atoms with Gasteiger partial charge in [-0.3, -0.25) is 4.98 Å². The molecule has 1 N–H and O–H groups in total. The number of nitrogens with zero attached hydrogens (tertiary/aromatic N) is 5. The van der Waals surface area contributed by atoms with Gasteiger partial charge in [0.1, 0.15) is 29.3 Å². The van der Waals surface area contributed by atoms with Gasteiger partial charge in [0, 0.05) is 23.4 Å². The molecule has 8 heteroatoms. The summed E-state index contributed by atoms with van der Waals surface area (Å²) in [5, 5.41) is 14.6. The number of methoxy groups -OCH3 is 1. The molecule has 156 valence electrons. The van der Waals surface area contributed by atoms with E-state index >= 15 is 0 Å². The molecular formula is C24H17N5O3. The molecule has 1 atom stereocenters. The van der Waals surface area contributed by atoms with E-state index in [0.717, 1.165) is 22.4 Å². The van der Waals surface area contributed by atoms with Gasteiger partial charge in [-0.1, -0.05) is 30.3 Å². The number of phenols is 1. The number of aromatic hydroxyl groups is 1. The number of hydrogen-bond acceptors (Lipinski definition) is 7. The molecule has 0 unspecified atom stereocenters. The van der Waals surface area contributed by atoms with Crippen molar-refractivity contribution in [1.29, 1.82) is 0 Å². The molecule has 6 rings (SSSR count). The van der Waals surface area contributed by atoms with Crippen molar-refractivity contribution in [3.63, 3.8) is 0 Å². The second-order valence-corrected chi connectivity index (χ2v) is 7.38. The third-order valence-corrected chi connectivity index (χ3v) is 5.53. The first kappa shape index (κ1) is 18.3. The van der Waals surface area contributed by atoms with Crippen LogP contribution in [-0.4, -0.2) is 36.8 Å². The predicted octanol–water partition coefficient (Wildman–Crippen LogP) is 4.19. The maximum absolute atomic E-state index is 10.0. The number of hydrogen-bond donors (Lipinski definition) is 1.